The lowest BCUT2D eigenvalue weighted by Gasteiger charge is -2.17. The zero-order valence-corrected chi connectivity index (χ0v) is 15.7. The molecule has 2 aromatic rings. The minimum Gasteiger partial charge on any atom is -0.493 e. The highest BCUT2D eigenvalue weighted by atomic mass is 16.5. The van der Waals surface area contributed by atoms with Gasteiger partial charge in [-0.3, -0.25) is 14.4 Å². The first-order valence-corrected chi connectivity index (χ1v) is 9.29. The molecular weight excluding hydrogens is 358 g/mol. The van der Waals surface area contributed by atoms with Crippen LogP contribution in [0.2, 0.25) is 0 Å². The Morgan fingerprint density at radius 1 is 1.14 bits per heavy atom. The van der Waals surface area contributed by atoms with Crippen molar-refractivity contribution in [1.82, 2.24) is 5.32 Å². The number of amides is 3. The lowest BCUT2D eigenvalue weighted by molar-refractivity contribution is -0.117. The van der Waals surface area contributed by atoms with E-state index in [1.165, 1.54) is 0 Å². The Hall–Kier alpha value is -3.35. The Bertz CT molecular complexity index is 881. The molecular formula is C21H23N3O4. The van der Waals surface area contributed by atoms with E-state index in [0.717, 1.165) is 12.1 Å². The maximum Gasteiger partial charge on any atom is 0.255 e. The number of ether oxygens (including phenoxy) is 1. The second-order valence-corrected chi connectivity index (χ2v) is 6.36. The van der Waals surface area contributed by atoms with Gasteiger partial charge in [0.05, 0.1) is 18.7 Å². The monoisotopic (exact) mass is 381 g/mol. The number of para-hydroxylation sites is 1. The van der Waals surface area contributed by atoms with E-state index in [2.05, 4.69) is 10.6 Å². The van der Waals surface area contributed by atoms with Gasteiger partial charge in [0.25, 0.3) is 5.91 Å². The summed E-state index contributed by atoms with van der Waals surface area (Å²) in [4.78, 5) is 38.2. The predicted octanol–water partition coefficient (Wildman–Crippen LogP) is 2.58. The largest absolute Gasteiger partial charge is 0.493 e. The average Bonchev–Trinajstić information content (AvgIpc) is 3.13. The van der Waals surface area contributed by atoms with Crippen LogP contribution in [0.25, 0.3) is 0 Å². The molecule has 0 aromatic heterocycles. The summed E-state index contributed by atoms with van der Waals surface area (Å²) >= 11 is 0. The highest BCUT2D eigenvalue weighted by molar-refractivity contribution is 6.01. The molecule has 146 valence electrons. The second kappa shape index (κ2) is 9.03. The van der Waals surface area contributed by atoms with E-state index < -0.39 is 0 Å². The molecule has 1 aliphatic heterocycles. The summed E-state index contributed by atoms with van der Waals surface area (Å²) in [5.41, 5.74) is 1.72. The van der Waals surface area contributed by atoms with Gasteiger partial charge in [0.15, 0.2) is 0 Å². The molecule has 7 nitrogen and oxygen atoms in total. The number of rotatable bonds is 7. The van der Waals surface area contributed by atoms with Crippen molar-refractivity contribution < 1.29 is 19.1 Å². The van der Waals surface area contributed by atoms with Gasteiger partial charge in [0, 0.05) is 24.3 Å². The molecule has 0 bridgehead atoms. The van der Waals surface area contributed by atoms with E-state index in [1.54, 1.807) is 47.4 Å². The number of hydrogen-bond donors (Lipinski definition) is 2. The molecule has 0 atom stereocenters. The first kappa shape index (κ1) is 19.4. The minimum absolute atomic E-state index is 0.0868. The van der Waals surface area contributed by atoms with Crippen molar-refractivity contribution in [3.05, 3.63) is 54.1 Å². The number of carbonyl (C=O) groups is 3. The molecule has 0 spiro atoms. The van der Waals surface area contributed by atoms with Crippen LogP contribution < -0.4 is 20.3 Å². The van der Waals surface area contributed by atoms with Crippen LogP contribution in [0.15, 0.2) is 48.5 Å². The van der Waals surface area contributed by atoms with Crippen LogP contribution in [0.3, 0.4) is 0 Å². The number of anilines is 2. The van der Waals surface area contributed by atoms with Gasteiger partial charge in [-0.15, -0.1) is 0 Å². The average molecular weight is 381 g/mol. The quantitative estimate of drug-likeness (QED) is 0.772. The molecule has 0 radical (unpaired) electrons. The maximum atomic E-state index is 12.3. The standard InChI is InChI=1S/C21H23N3O4/c1-2-28-18-10-4-3-9-17(18)21(27)22-14-19(25)23-15-7-5-8-16(13-15)24-12-6-11-20(24)26/h3-5,7-10,13H,2,6,11-12,14H2,1H3,(H,22,27)(H,23,25). The van der Waals surface area contributed by atoms with Crippen LogP contribution in [0.4, 0.5) is 11.4 Å². The summed E-state index contributed by atoms with van der Waals surface area (Å²) in [7, 11) is 0. The van der Waals surface area contributed by atoms with Crippen LogP contribution in [0.1, 0.15) is 30.1 Å². The number of carbonyl (C=O) groups excluding carboxylic acids is 3. The zero-order valence-electron chi connectivity index (χ0n) is 15.7. The SMILES string of the molecule is CCOc1ccccc1C(=O)NCC(=O)Nc1cccc(N2CCCC2=O)c1. The number of nitrogens with one attached hydrogen (secondary N) is 2. The van der Waals surface area contributed by atoms with Gasteiger partial charge in [-0.25, -0.2) is 0 Å². The van der Waals surface area contributed by atoms with Crippen molar-refractivity contribution in [2.45, 2.75) is 19.8 Å². The van der Waals surface area contributed by atoms with E-state index in [4.69, 9.17) is 4.74 Å². The van der Waals surface area contributed by atoms with Gasteiger partial charge in [-0.05, 0) is 43.7 Å². The molecule has 1 aliphatic rings. The topological polar surface area (TPSA) is 87.7 Å². The van der Waals surface area contributed by atoms with Gasteiger partial charge in [-0.2, -0.15) is 0 Å². The number of nitrogens with zero attached hydrogens (tertiary/aromatic N) is 1. The van der Waals surface area contributed by atoms with E-state index in [-0.39, 0.29) is 24.3 Å². The van der Waals surface area contributed by atoms with E-state index in [9.17, 15) is 14.4 Å². The summed E-state index contributed by atoms with van der Waals surface area (Å²) in [5.74, 6) is -0.169. The highest BCUT2D eigenvalue weighted by Gasteiger charge is 2.21. The van der Waals surface area contributed by atoms with Crippen molar-refractivity contribution in [1.29, 1.82) is 0 Å². The van der Waals surface area contributed by atoms with Crippen molar-refractivity contribution in [3.8, 4) is 5.75 Å². The normalized spacial score (nSPS) is 13.3. The van der Waals surface area contributed by atoms with Gasteiger partial charge in [0.2, 0.25) is 11.8 Å². The van der Waals surface area contributed by atoms with Gasteiger partial charge in [-0.1, -0.05) is 18.2 Å². The minimum atomic E-state index is -0.379. The lowest BCUT2D eigenvalue weighted by Crippen LogP contribution is -2.33. The smallest absolute Gasteiger partial charge is 0.255 e. The molecule has 3 rings (SSSR count). The molecule has 1 saturated heterocycles. The Labute approximate surface area is 163 Å². The fourth-order valence-electron chi connectivity index (χ4n) is 3.07. The number of benzene rings is 2. The summed E-state index contributed by atoms with van der Waals surface area (Å²) in [6, 6.07) is 14.0. The molecule has 0 unspecified atom stereocenters. The lowest BCUT2D eigenvalue weighted by atomic mass is 10.2. The third kappa shape index (κ3) is 4.68. The van der Waals surface area contributed by atoms with E-state index >= 15 is 0 Å². The van der Waals surface area contributed by atoms with Crippen molar-refractivity contribution >= 4 is 29.1 Å². The fraction of sp³-hybridized carbons (Fsp3) is 0.286. The van der Waals surface area contributed by atoms with Gasteiger partial charge in [0.1, 0.15) is 5.75 Å². The van der Waals surface area contributed by atoms with Crippen molar-refractivity contribution in [2.75, 3.05) is 29.9 Å². The molecule has 1 fully saturated rings. The molecule has 2 N–H and O–H groups in total. The predicted molar refractivity (Wildman–Crippen MR) is 107 cm³/mol. The molecule has 2 aromatic carbocycles. The summed E-state index contributed by atoms with van der Waals surface area (Å²) in [6.45, 7) is 2.80. The molecule has 0 aliphatic carbocycles. The molecule has 28 heavy (non-hydrogen) atoms. The van der Waals surface area contributed by atoms with Crippen LogP contribution in [0, 0.1) is 0 Å². The van der Waals surface area contributed by atoms with Gasteiger partial charge < -0.3 is 20.3 Å². The van der Waals surface area contributed by atoms with Crippen LogP contribution in [-0.4, -0.2) is 37.4 Å². The van der Waals surface area contributed by atoms with Crippen molar-refractivity contribution in [3.63, 3.8) is 0 Å². The molecule has 7 heteroatoms. The molecule has 0 saturated carbocycles. The Kier molecular flexibility index (Phi) is 6.26. The summed E-state index contributed by atoms with van der Waals surface area (Å²) < 4.78 is 5.44. The van der Waals surface area contributed by atoms with E-state index in [0.29, 0.717) is 36.6 Å². The third-order valence-corrected chi connectivity index (χ3v) is 4.36. The zero-order chi connectivity index (χ0) is 19.9. The van der Waals surface area contributed by atoms with Crippen LogP contribution >= 0.6 is 0 Å². The van der Waals surface area contributed by atoms with Crippen molar-refractivity contribution in [2.24, 2.45) is 0 Å². The van der Waals surface area contributed by atoms with Crippen LogP contribution in [0.5, 0.6) is 5.75 Å². The maximum absolute atomic E-state index is 12.3. The Morgan fingerprint density at radius 3 is 2.71 bits per heavy atom. The third-order valence-electron chi connectivity index (χ3n) is 4.36. The Balaban J connectivity index is 1.58. The Morgan fingerprint density at radius 2 is 1.96 bits per heavy atom. The first-order valence-electron chi connectivity index (χ1n) is 9.29. The second-order valence-electron chi connectivity index (χ2n) is 6.36. The number of hydrogen-bond acceptors (Lipinski definition) is 4. The van der Waals surface area contributed by atoms with E-state index in [1.807, 2.05) is 13.0 Å². The van der Waals surface area contributed by atoms with Crippen LogP contribution in [-0.2, 0) is 9.59 Å². The first-order chi connectivity index (χ1) is 13.6. The summed E-state index contributed by atoms with van der Waals surface area (Å²) in [6.07, 6.45) is 1.39. The van der Waals surface area contributed by atoms with Gasteiger partial charge >= 0.3 is 0 Å². The molecule has 3 amide bonds. The summed E-state index contributed by atoms with van der Waals surface area (Å²) in [5, 5.41) is 5.34. The highest BCUT2D eigenvalue weighted by Crippen LogP contribution is 2.24. The molecule has 1 heterocycles. The fourth-order valence-corrected chi connectivity index (χ4v) is 3.07.